The molecule has 0 saturated carbocycles. The van der Waals surface area contributed by atoms with E-state index in [1.807, 2.05) is 38.1 Å². The number of ether oxygens (including phenoxy) is 1. The second kappa shape index (κ2) is 12.1. The molecule has 1 N–H and O–H groups in total. The molecule has 0 saturated heterocycles. The number of carbonyl (C=O) groups excluding carboxylic acids is 2. The topological polar surface area (TPSA) is 129 Å². The molecule has 10 heteroatoms. The minimum Gasteiger partial charge on any atom is -0.462 e. The summed E-state index contributed by atoms with van der Waals surface area (Å²) in [5.41, 5.74) is 2.71. The van der Waals surface area contributed by atoms with Crippen molar-refractivity contribution in [2.75, 3.05) is 11.9 Å². The van der Waals surface area contributed by atoms with Crippen LogP contribution in [-0.4, -0.2) is 37.9 Å². The number of anilines is 1. The number of aryl methyl sites for hydroxylation is 1. The highest BCUT2D eigenvalue weighted by Gasteiger charge is 2.27. The summed E-state index contributed by atoms with van der Waals surface area (Å²) in [6, 6.07) is 13.3. The molecule has 196 valence electrons. The van der Waals surface area contributed by atoms with Crippen LogP contribution < -0.4 is 5.32 Å². The Kier molecular flexibility index (Phi) is 8.42. The van der Waals surface area contributed by atoms with Gasteiger partial charge in [-0.1, -0.05) is 51.0 Å². The van der Waals surface area contributed by atoms with E-state index in [1.165, 1.54) is 24.3 Å². The minimum absolute atomic E-state index is 0.0754. The number of nitro groups is 1. The van der Waals surface area contributed by atoms with Crippen LogP contribution in [0, 0.1) is 10.1 Å². The summed E-state index contributed by atoms with van der Waals surface area (Å²) >= 11 is 0. The number of nitrogens with zero attached hydrogens (tertiary/aromatic N) is 4. The molecular formula is C28H29N5O5. The highest BCUT2D eigenvalue weighted by Crippen LogP contribution is 2.31. The number of unbranched alkanes of at least 4 members (excludes halogenated alkanes) is 2. The summed E-state index contributed by atoms with van der Waals surface area (Å²) in [5.74, 6) is -0.829. The summed E-state index contributed by atoms with van der Waals surface area (Å²) < 4.78 is 7.34. The van der Waals surface area contributed by atoms with Crippen LogP contribution in [0.5, 0.6) is 0 Å². The molecule has 0 fully saturated rings. The Morgan fingerprint density at radius 1 is 1.05 bits per heavy atom. The third-order valence-corrected chi connectivity index (χ3v) is 5.97. The van der Waals surface area contributed by atoms with Crippen LogP contribution in [0.2, 0.25) is 0 Å². The molecule has 0 aliphatic heterocycles. The van der Waals surface area contributed by atoms with E-state index >= 15 is 0 Å². The first kappa shape index (κ1) is 26.5. The van der Waals surface area contributed by atoms with Gasteiger partial charge >= 0.3 is 5.97 Å². The molecule has 0 atom stereocenters. The van der Waals surface area contributed by atoms with Crippen LogP contribution in [-0.2, 0) is 16.1 Å². The lowest BCUT2D eigenvalue weighted by atomic mass is 10.2. The third kappa shape index (κ3) is 5.86. The quantitative estimate of drug-likeness (QED) is 0.0865. The smallest absolute Gasteiger partial charge is 0.344 e. The van der Waals surface area contributed by atoms with Gasteiger partial charge in [0.2, 0.25) is 5.91 Å². The molecule has 38 heavy (non-hydrogen) atoms. The number of carbonyl (C=O) groups is 2. The molecule has 4 aromatic rings. The van der Waals surface area contributed by atoms with E-state index < -0.39 is 16.8 Å². The maximum absolute atomic E-state index is 13.3. The number of para-hydroxylation sites is 2. The molecular weight excluding hydrogens is 486 g/mol. The zero-order valence-corrected chi connectivity index (χ0v) is 21.3. The Morgan fingerprint density at radius 3 is 2.50 bits per heavy atom. The predicted octanol–water partition coefficient (Wildman–Crippen LogP) is 5.90. The van der Waals surface area contributed by atoms with E-state index in [9.17, 15) is 19.7 Å². The molecule has 10 nitrogen and oxygen atoms in total. The van der Waals surface area contributed by atoms with E-state index in [0.29, 0.717) is 40.7 Å². The summed E-state index contributed by atoms with van der Waals surface area (Å²) in [4.78, 5) is 46.4. The van der Waals surface area contributed by atoms with Crippen LogP contribution in [0.25, 0.3) is 28.3 Å². The first-order chi connectivity index (χ1) is 18.4. The van der Waals surface area contributed by atoms with Gasteiger partial charge in [0.05, 0.1) is 22.6 Å². The molecule has 0 spiro atoms. The second-order valence-corrected chi connectivity index (χ2v) is 8.78. The lowest BCUT2D eigenvalue weighted by molar-refractivity contribution is -0.384. The van der Waals surface area contributed by atoms with Crippen molar-refractivity contribution < 1.29 is 19.2 Å². The SMILES string of the molecule is CCCCOC(=O)c1c(NC(=O)C=Cc2cccc([N+](=O)[O-])c2)n(CCCC)c2nc3ccccc3nc12. The van der Waals surface area contributed by atoms with Gasteiger partial charge in [0.15, 0.2) is 5.65 Å². The molecule has 1 amide bonds. The number of aromatic nitrogens is 3. The maximum Gasteiger partial charge on any atom is 0.344 e. The molecule has 0 aliphatic carbocycles. The molecule has 2 aromatic carbocycles. The van der Waals surface area contributed by atoms with Crippen molar-refractivity contribution in [3.8, 4) is 0 Å². The Morgan fingerprint density at radius 2 is 1.79 bits per heavy atom. The zero-order valence-electron chi connectivity index (χ0n) is 21.3. The van der Waals surface area contributed by atoms with Gasteiger partial charge in [-0.25, -0.2) is 14.8 Å². The fourth-order valence-corrected chi connectivity index (χ4v) is 4.01. The first-order valence-electron chi connectivity index (χ1n) is 12.6. The summed E-state index contributed by atoms with van der Waals surface area (Å²) in [7, 11) is 0. The molecule has 0 unspecified atom stereocenters. The van der Waals surface area contributed by atoms with Gasteiger partial charge in [-0.2, -0.15) is 0 Å². The average Bonchev–Trinajstić information content (AvgIpc) is 3.21. The standard InChI is InChI=1S/C28H29N5O5/c1-3-5-16-32-26(31-23(34)15-14-19-10-9-11-20(18-19)33(36)37)24(28(35)38-17-6-4-2)25-27(32)30-22-13-8-7-12-21(22)29-25/h7-15,18H,3-6,16-17H2,1-2H3,(H,31,34). The number of amides is 1. The van der Waals surface area contributed by atoms with Crippen LogP contribution in [0.3, 0.4) is 0 Å². The van der Waals surface area contributed by atoms with Crippen molar-refractivity contribution in [2.45, 2.75) is 46.1 Å². The van der Waals surface area contributed by atoms with Crippen LogP contribution in [0.15, 0.2) is 54.6 Å². The van der Waals surface area contributed by atoms with Crippen molar-refractivity contribution in [1.82, 2.24) is 14.5 Å². The minimum atomic E-state index is -0.582. The highest BCUT2D eigenvalue weighted by molar-refractivity contribution is 6.13. The van der Waals surface area contributed by atoms with E-state index in [0.717, 1.165) is 19.3 Å². The van der Waals surface area contributed by atoms with Crippen molar-refractivity contribution in [1.29, 1.82) is 0 Å². The van der Waals surface area contributed by atoms with Gasteiger partial charge in [0, 0.05) is 24.8 Å². The van der Waals surface area contributed by atoms with Gasteiger partial charge in [0.25, 0.3) is 5.69 Å². The maximum atomic E-state index is 13.3. The number of non-ortho nitro benzene ring substituents is 1. The van der Waals surface area contributed by atoms with E-state index in [-0.39, 0.29) is 23.7 Å². The van der Waals surface area contributed by atoms with Gasteiger partial charge < -0.3 is 14.6 Å². The Labute approximate surface area is 219 Å². The Balaban J connectivity index is 1.78. The number of rotatable bonds is 11. The average molecular weight is 516 g/mol. The van der Waals surface area contributed by atoms with Crippen molar-refractivity contribution in [2.24, 2.45) is 0 Å². The molecule has 2 aromatic heterocycles. The lowest BCUT2D eigenvalue weighted by Gasteiger charge is -2.11. The number of nitro benzene ring substituents is 1. The van der Waals surface area contributed by atoms with Crippen LogP contribution in [0.4, 0.5) is 11.5 Å². The zero-order chi connectivity index (χ0) is 27.1. The summed E-state index contributed by atoms with van der Waals surface area (Å²) in [6.07, 6.45) is 5.99. The van der Waals surface area contributed by atoms with Crippen LogP contribution in [0.1, 0.15) is 55.5 Å². The van der Waals surface area contributed by atoms with Crippen molar-refractivity contribution in [3.05, 3.63) is 75.8 Å². The monoisotopic (exact) mass is 515 g/mol. The Hall–Kier alpha value is -4.60. The molecule has 0 radical (unpaired) electrons. The summed E-state index contributed by atoms with van der Waals surface area (Å²) in [5, 5.41) is 13.9. The fourth-order valence-electron chi connectivity index (χ4n) is 4.01. The molecule has 0 aliphatic rings. The summed E-state index contributed by atoms with van der Waals surface area (Å²) in [6.45, 7) is 4.80. The normalized spacial score (nSPS) is 11.3. The number of esters is 1. The van der Waals surface area contributed by atoms with Crippen LogP contribution >= 0.6 is 0 Å². The lowest BCUT2D eigenvalue weighted by Crippen LogP contribution is -2.17. The van der Waals surface area contributed by atoms with E-state index in [2.05, 4.69) is 5.32 Å². The van der Waals surface area contributed by atoms with E-state index in [1.54, 1.807) is 16.7 Å². The van der Waals surface area contributed by atoms with Crippen molar-refractivity contribution >= 4 is 51.7 Å². The first-order valence-corrected chi connectivity index (χ1v) is 12.6. The number of fused-ring (bicyclic) bond motifs is 2. The number of hydrogen-bond acceptors (Lipinski definition) is 7. The van der Waals surface area contributed by atoms with E-state index in [4.69, 9.17) is 14.7 Å². The number of hydrogen-bond donors (Lipinski definition) is 1. The number of nitrogens with one attached hydrogen (secondary N) is 1. The Bertz CT molecular complexity index is 1530. The molecule has 4 rings (SSSR count). The van der Waals surface area contributed by atoms with Gasteiger partial charge in [0.1, 0.15) is 16.9 Å². The second-order valence-electron chi connectivity index (χ2n) is 8.78. The van der Waals surface area contributed by atoms with Crippen molar-refractivity contribution in [3.63, 3.8) is 0 Å². The third-order valence-electron chi connectivity index (χ3n) is 5.97. The van der Waals surface area contributed by atoms with Gasteiger partial charge in [-0.05, 0) is 36.6 Å². The molecule has 2 heterocycles. The highest BCUT2D eigenvalue weighted by atomic mass is 16.6. The largest absolute Gasteiger partial charge is 0.462 e. The molecule has 0 bridgehead atoms. The van der Waals surface area contributed by atoms with Gasteiger partial charge in [-0.3, -0.25) is 14.9 Å². The van der Waals surface area contributed by atoms with Gasteiger partial charge in [-0.15, -0.1) is 0 Å². The fraction of sp³-hybridized carbons (Fsp3) is 0.286. The number of benzene rings is 2. The predicted molar refractivity (Wildman–Crippen MR) is 146 cm³/mol.